The lowest BCUT2D eigenvalue weighted by Gasteiger charge is -2.09. The summed E-state index contributed by atoms with van der Waals surface area (Å²) >= 11 is 2.25. The summed E-state index contributed by atoms with van der Waals surface area (Å²) in [5.41, 5.74) is 8.11. The Balaban J connectivity index is 1.89. The molecule has 1 aromatic heterocycles. The molecule has 1 aliphatic carbocycles. The molecule has 0 bridgehead atoms. The first-order valence-electron chi connectivity index (χ1n) is 7.25. The lowest BCUT2D eigenvalue weighted by molar-refractivity contribution is 0.317. The highest BCUT2D eigenvalue weighted by Gasteiger charge is 2.29. The van der Waals surface area contributed by atoms with Crippen molar-refractivity contribution in [3.05, 3.63) is 33.5 Å². The van der Waals surface area contributed by atoms with Crippen molar-refractivity contribution in [2.45, 2.75) is 32.1 Å². The summed E-state index contributed by atoms with van der Waals surface area (Å²) in [6.07, 6.45) is 3.41. The van der Waals surface area contributed by atoms with Gasteiger partial charge in [-0.15, -0.1) is 0 Å². The lowest BCUT2D eigenvalue weighted by Crippen LogP contribution is -2.04. The van der Waals surface area contributed by atoms with Crippen LogP contribution in [-0.2, 0) is 0 Å². The number of halogens is 1. The predicted molar refractivity (Wildman–Crippen MR) is 92.4 cm³/mol. The number of rotatable bonds is 5. The van der Waals surface area contributed by atoms with Gasteiger partial charge in [0.15, 0.2) is 5.82 Å². The molecule has 1 aliphatic rings. The summed E-state index contributed by atoms with van der Waals surface area (Å²) in [4.78, 5) is 9.14. The molecule has 4 nitrogen and oxygen atoms in total. The molecule has 1 saturated carbocycles. The third-order valence-corrected chi connectivity index (χ3v) is 4.56. The molecule has 5 heteroatoms. The van der Waals surface area contributed by atoms with E-state index < -0.39 is 0 Å². The van der Waals surface area contributed by atoms with Gasteiger partial charge in [0.2, 0.25) is 0 Å². The predicted octanol–water partition coefficient (Wildman–Crippen LogP) is 4.00. The average Bonchev–Trinajstić information content (AvgIpc) is 3.33. The van der Waals surface area contributed by atoms with Crippen LogP contribution in [-0.4, -0.2) is 16.6 Å². The molecule has 0 saturated heterocycles. The SMILES string of the molecule is CCCOc1ccc(-c2nc(N)c(I)c(C3CC3)n2)cc1. The summed E-state index contributed by atoms with van der Waals surface area (Å²) < 4.78 is 6.60. The lowest BCUT2D eigenvalue weighted by atomic mass is 10.2. The van der Waals surface area contributed by atoms with Crippen molar-refractivity contribution in [2.24, 2.45) is 0 Å². The molecule has 1 aromatic carbocycles. The minimum Gasteiger partial charge on any atom is -0.494 e. The van der Waals surface area contributed by atoms with Gasteiger partial charge in [0.25, 0.3) is 0 Å². The van der Waals surface area contributed by atoms with Crippen LogP contribution in [0.2, 0.25) is 0 Å². The average molecular weight is 395 g/mol. The molecule has 3 rings (SSSR count). The number of nitrogen functional groups attached to an aromatic ring is 1. The molecule has 1 fully saturated rings. The standard InChI is InChI=1S/C16H18IN3O/c1-2-9-21-12-7-5-11(6-8-12)16-19-14(10-3-4-10)13(17)15(18)20-16/h5-8,10H,2-4,9H2,1H3,(H2,18,19,20). The Morgan fingerprint density at radius 1 is 1.24 bits per heavy atom. The summed E-state index contributed by atoms with van der Waals surface area (Å²) in [7, 11) is 0. The van der Waals surface area contributed by atoms with E-state index in [2.05, 4.69) is 34.5 Å². The van der Waals surface area contributed by atoms with Gasteiger partial charge in [0.05, 0.1) is 15.9 Å². The van der Waals surface area contributed by atoms with Crippen molar-refractivity contribution >= 4 is 28.4 Å². The molecule has 0 spiro atoms. The molecular weight excluding hydrogens is 377 g/mol. The Bertz CT molecular complexity index is 639. The van der Waals surface area contributed by atoms with Gasteiger partial charge < -0.3 is 10.5 Å². The van der Waals surface area contributed by atoms with Crippen LogP contribution in [0.5, 0.6) is 5.75 Å². The smallest absolute Gasteiger partial charge is 0.161 e. The van der Waals surface area contributed by atoms with Crippen LogP contribution in [0, 0.1) is 3.57 Å². The number of nitrogens with zero attached hydrogens (tertiary/aromatic N) is 2. The summed E-state index contributed by atoms with van der Waals surface area (Å²) in [6.45, 7) is 2.83. The van der Waals surface area contributed by atoms with E-state index in [4.69, 9.17) is 15.5 Å². The van der Waals surface area contributed by atoms with Gasteiger partial charge in [-0.05, 0) is 66.1 Å². The van der Waals surface area contributed by atoms with Gasteiger partial charge in [-0.1, -0.05) is 6.92 Å². The van der Waals surface area contributed by atoms with Crippen molar-refractivity contribution in [1.29, 1.82) is 0 Å². The first-order chi connectivity index (χ1) is 10.2. The van der Waals surface area contributed by atoms with Crippen molar-refractivity contribution < 1.29 is 4.74 Å². The summed E-state index contributed by atoms with van der Waals surface area (Å²) in [5, 5.41) is 0. The van der Waals surface area contributed by atoms with E-state index in [9.17, 15) is 0 Å². The number of anilines is 1. The van der Waals surface area contributed by atoms with E-state index in [0.717, 1.165) is 33.6 Å². The second kappa shape index (κ2) is 6.17. The van der Waals surface area contributed by atoms with Gasteiger partial charge >= 0.3 is 0 Å². The highest BCUT2D eigenvalue weighted by atomic mass is 127. The molecule has 2 aromatic rings. The highest BCUT2D eigenvalue weighted by Crippen LogP contribution is 2.42. The van der Waals surface area contributed by atoms with E-state index in [1.54, 1.807) is 0 Å². The van der Waals surface area contributed by atoms with Gasteiger partial charge in [0.1, 0.15) is 11.6 Å². The Morgan fingerprint density at radius 3 is 2.57 bits per heavy atom. The van der Waals surface area contributed by atoms with Crippen LogP contribution >= 0.6 is 22.6 Å². The van der Waals surface area contributed by atoms with E-state index >= 15 is 0 Å². The Labute approximate surface area is 138 Å². The van der Waals surface area contributed by atoms with Crippen molar-refractivity contribution in [3.8, 4) is 17.1 Å². The van der Waals surface area contributed by atoms with E-state index in [1.165, 1.54) is 12.8 Å². The molecule has 0 aliphatic heterocycles. The zero-order chi connectivity index (χ0) is 14.8. The van der Waals surface area contributed by atoms with Crippen molar-refractivity contribution in [3.63, 3.8) is 0 Å². The first-order valence-corrected chi connectivity index (χ1v) is 8.33. The topological polar surface area (TPSA) is 61.0 Å². The number of nitrogens with two attached hydrogens (primary N) is 1. The van der Waals surface area contributed by atoms with Gasteiger partial charge in [0, 0.05) is 11.5 Å². The van der Waals surface area contributed by atoms with Crippen LogP contribution in [0.25, 0.3) is 11.4 Å². The Hall–Kier alpha value is -1.37. The van der Waals surface area contributed by atoms with E-state index in [-0.39, 0.29) is 0 Å². The van der Waals surface area contributed by atoms with Crippen LogP contribution in [0.1, 0.15) is 37.8 Å². The molecule has 110 valence electrons. The highest BCUT2D eigenvalue weighted by molar-refractivity contribution is 14.1. The quantitative estimate of drug-likeness (QED) is 0.778. The Kier molecular flexibility index (Phi) is 4.28. The Morgan fingerprint density at radius 2 is 1.95 bits per heavy atom. The number of hydrogen-bond acceptors (Lipinski definition) is 4. The van der Waals surface area contributed by atoms with Gasteiger partial charge in [-0.25, -0.2) is 9.97 Å². The third-order valence-electron chi connectivity index (χ3n) is 3.45. The maximum atomic E-state index is 6.04. The van der Waals surface area contributed by atoms with Crippen molar-refractivity contribution in [2.75, 3.05) is 12.3 Å². The fourth-order valence-electron chi connectivity index (χ4n) is 2.16. The molecule has 0 amide bonds. The summed E-state index contributed by atoms with van der Waals surface area (Å²) in [5.74, 6) is 2.72. The molecule has 21 heavy (non-hydrogen) atoms. The monoisotopic (exact) mass is 395 g/mol. The number of ether oxygens (including phenoxy) is 1. The zero-order valence-corrected chi connectivity index (χ0v) is 14.1. The van der Waals surface area contributed by atoms with Crippen LogP contribution in [0.15, 0.2) is 24.3 Å². The van der Waals surface area contributed by atoms with Crippen LogP contribution in [0.4, 0.5) is 5.82 Å². The number of benzene rings is 1. The second-order valence-corrected chi connectivity index (χ2v) is 6.36. The van der Waals surface area contributed by atoms with Gasteiger partial charge in [-0.2, -0.15) is 0 Å². The van der Waals surface area contributed by atoms with E-state index in [1.807, 2.05) is 24.3 Å². The van der Waals surface area contributed by atoms with Crippen molar-refractivity contribution in [1.82, 2.24) is 9.97 Å². The molecule has 1 heterocycles. The maximum Gasteiger partial charge on any atom is 0.161 e. The summed E-state index contributed by atoms with van der Waals surface area (Å²) in [6, 6.07) is 7.89. The number of hydrogen-bond donors (Lipinski definition) is 1. The first kappa shape index (κ1) is 14.6. The minimum atomic E-state index is 0.563. The normalized spacial score (nSPS) is 14.2. The fourth-order valence-corrected chi connectivity index (χ4v) is 2.84. The van der Waals surface area contributed by atoms with Crippen LogP contribution in [0.3, 0.4) is 0 Å². The molecule has 0 unspecified atom stereocenters. The largest absolute Gasteiger partial charge is 0.494 e. The third kappa shape index (κ3) is 3.28. The van der Waals surface area contributed by atoms with Crippen LogP contribution < -0.4 is 10.5 Å². The second-order valence-electron chi connectivity index (χ2n) is 5.28. The molecule has 2 N–H and O–H groups in total. The van der Waals surface area contributed by atoms with Gasteiger partial charge in [-0.3, -0.25) is 0 Å². The maximum absolute atomic E-state index is 6.04. The zero-order valence-electron chi connectivity index (χ0n) is 12.0. The number of aromatic nitrogens is 2. The molecule has 0 radical (unpaired) electrons. The molecular formula is C16H18IN3O. The fraction of sp³-hybridized carbons (Fsp3) is 0.375. The minimum absolute atomic E-state index is 0.563. The molecule has 0 atom stereocenters. The van der Waals surface area contributed by atoms with E-state index in [0.29, 0.717) is 17.6 Å².